The van der Waals surface area contributed by atoms with Gasteiger partial charge in [0.25, 0.3) is 0 Å². The molecule has 0 bridgehead atoms. The largest absolute Gasteiger partial charge is 0.497 e. The van der Waals surface area contributed by atoms with Crippen LogP contribution >= 0.6 is 0 Å². The highest BCUT2D eigenvalue weighted by Crippen LogP contribution is 2.18. The van der Waals surface area contributed by atoms with E-state index >= 15 is 0 Å². The molecule has 0 aliphatic rings. The quantitative estimate of drug-likeness (QED) is 0.854. The molecule has 0 saturated carbocycles. The van der Waals surface area contributed by atoms with Crippen molar-refractivity contribution in [2.75, 3.05) is 7.11 Å². The maximum absolute atomic E-state index is 5.87. The zero-order valence-corrected chi connectivity index (χ0v) is 9.42. The lowest BCUT2D eigenvalue weighted by atomic mass is 10.2. The Balaban J connectivity index is 2.38. The lowest BCUT2D eigenvalue weighted by Crippen LogP contribution is -2.10. The lowest BCUT2D eigenvalue weighted by Gasteiger charge is -2.11. The molecule has 0 radical (unpaired) electrons. The summed E-state index contributed by atoms with van der Waals surface area (Å²) in [4.78, 5) is 4.11. The molecule has 0 aliphatic heterocycles. The molecule has 1 heterocycles. The van der Waals surface area contributed by atoms with Gasteiger partial charge in [0, 0.05) is 11.7 Å². The van der Waals surface area contributed by atoms with Crippen molar-refractivity contribution in [2.24, 2.45) is 5.73 Å². The summed E-state index contributed by atoms with van der Waals surface area (Å²) in [7, 11) is 1.65. The second-order valence-electron chi connectivity index (χ2n) is 3.68. The number of hydrogen-bond donors (Lipinski definition) is 1. The Hall–Kier alpha value is -1.81. The molecule has 0 amide bonds. The molecule has 84 valence electrons. The molecule has 1 aromatic heterocycles. The maximum atomic E-state index is 5.87. The van der Waals surface area contributed by atoms with Gasteiger partial charge in [-0.25, -0.2) is 4.98 Å². The molecule has 4 nitrogen and oxygen atoms in total. The minimum absolute atomic E-state index is 0.0374. The summed E-state index contributed by atoms with van der Waals surface area (Å²) in [6.45, 7) is 1.94. The predicted molar refractivity (Wildman–Crippen MR) is 62.7 cm³/mol. The first-order valence-corrected chi connectivity index (χ1v) is 5.14. The summed E-state index contributed by atoms with van der Waals surface area (Å²) in [5.74, 6) is 0.839. The Kier molecular flexibility index (Phi) is 2.92. The van der Waals surface area contributed by atoms with Crippen molar-refractivity contribution in [1.82, 2.24) is 9.55 Å². The van der Waals surface area contributed by atoms with Gasteiger partial charge in [-0.3, -0.25) is 0 Å². The average Bonchev–Trinajstić information content (AvgIpc) is 2.78. The number of aromatic nitrogens is 2. The number of hydrogen-bond acceptors (Lipinski definition) is 3. The summed E-state index contributed by atoms with van der Waals surface area (Å²) in [6, 6.07) is 7.75. The minimum Gasteiger partial charge on any atom is -0.497 e. The van der Waals surface area contributed by atoms with Crippen molar-refractivity contribution in [3.05, 3.63) is 42.5 Å². The van der Waals surface area contributed by atoms with Crippen LogP contribution in [-0.4, -0.2) is 16.7 Å². The number of benzene rings is 1. The van der Waals surface area contributed by atoms with E-state index in [9.17, 15) is 0 Å². The summed E-state index contributed by atoms with van der Waals surface area (Å²) in [6.07, 6.45) is 3.55. The van der Waals surface area contributed by atoms with Gasteiger partial charge in [0.15, 0.2) is 0 Å². The minimum atomic E-state index is -0.0374. The van der Waals surface area contributed by atoms with Crippen LogP contribution in [0.5, 0.6) is 5.75 Å². The molecule has 1 atom stereocenters. The molecule has 1 aromatic carbocycles. The Labute approximate surface area is 94.7 Å². The van der Waals surface area contributed by atoms with Crippen LogP contribution in [0.2, 0.25) is 0 Å². The van der Waals surface area contributed by atoms with E-state index in [1.807, 2.05) is 35.8 Å². The Morgan fingerprint density at radius 1 is 1.31 bits per heavy atom. The van der Waals surface area contributed by atoms with E-state index in [2.05, 4.69) is 4.98 Å². The molecule has 0 spiro atoms. The van der Waals surface area contributed by atoms with Crippen LogP contribution in [-0.2, 0) is 0 Å². The van der Waals surface area contributed by atoms with Gasteiger partial charge in [-0.05, 0) is 31.2 Å². The molecule has 2 aromatic rings. The van der Waals surface area contributed by atoms with Crippen LogP contribution in [0.25, 0.3) is 5.69 Å². The molecule has 2 rings (SSSR count). The highest BCUT2D eigenvalue weighted by Gasteiger charge is 2.07. The summed E-state index contributed by atoms with van der Waals surface area (Å²) in [5, 5.41) is 0. The van der Waals surface area contributed by atoms with E-state index < -0.39 is 0 Å². The zero-order chi connectivity index (χ0) is 11.5. The number of imidazole rings is 1. The van der Waals surface area contributed by atoms with Gasteiger partial charge in [0.1, 0.15) is 5.75 Å². The lowest BCUT2D eigenvalue weighted by molar-refractivity contribution is 0.414. The van der Waals surface area contributed by atoms with Gasteiger partial charge < -0.3 is 15.0 Å². The Bertz CT molecular complexity index is 459. The van der Waals surface area contributed by atoms with Crippen molar-refractivity contribution < 1.29 is 4.74 Å². The second-order valence-corrected chi connectivity index (χ2v) is 3.68. The van der Waals surface area contributed by atoms with Gasteiger partial charge >= 0.3 is 0 Å². The molecule has 16 heavy (non-hydrogen) atoms. The molecule has 2 N–H and O–H groups in total. The smallest absolute Gasteiger partial charge is 0.119 e. The van der Waals surface area contributed by atoms with E-state index in [1.54, 1.807) is 19.6 Å². The molecule has 0 saturated heterocycles. The van der Waals surface area contributed by atoms with Crippen LogP contribution in [0, 0.1) is 0 Å². The fraction of sp³-hybridized carbons (Fsp3) is 0.250. The third kappa shape index (κ3) is 1.92. The van der Waals surface area contributed by atoms with Gasteiger partial charge in [0.2, 0.25) is 0 Å². The highest BCUT2D eigenvalue weighted by molar-refractivity contribution is 5.39. The maximum Gasteiger partial charge on any atom is 0.119 e. The predicted octanol–water partition coefficient (Wildman–Crippen LogP) is 1.90. The highest BCUT2D eigenvalue weighted by atomic mass is 16.5. The Morgan fingerprint density at radius 3 is 2.56 bits per heavy atom. The van der Waals surface area contributed by atoms with Gasteiger partial charge in [-0.1, -0.05) is 0 Å². The molecule has 0 aliphatic carbocycles. The first kappa shape index (κ1) is 10.7. The third-order valence-corrected chi connectivity index (χ3v) is 2.48. The summed E-state index contributed by atoms with van der Waals surface area (Å²) in [5.41, 5.74) is 7.89. The van der Waals surface area contributed by atoms with E-state index in [4.69, 9.17) is 10.5 Å². The van der Waals surface area contributed by atoms with Crippen molar-refractivity contribution in [1.29, 1.82) is 0 Å². The monoisotopic (exact) mass is 217 g/mol. The Morgan fingerprint density at radius 2 is 2.00 bits per heavy atom. The fourth-order valence-corrected chi connectivity index (χ4v) is 1.60. The second kappa shape index (κ2) is 4.37. The number of rotatable bonds is 3. The summed E-state index contributed by atoms with van der Waals surface area (Å²) >= 11 is 0. The summed E-state index contributed by atoms with van der Waals surface area (Å²) < 4.78 is 7.09. The van der Waals surface area contributed by atoms with Crippen LogP contribution in [0.4, 0.5) is 0 Å². The molecule has 4 heteroatoms. The molecule has 0 fully saturated rings. The average molecular weight is 217 g/mol. The van der Waals surface area contributed by atoms with Crippen LogP contribution < -0.4 is 10.5 Å². The topological polar surface area (TPSA) is 53.1 Å². The van der Waals surface area contributed by atoms with Gasteiger partial charge in [-0.2, -0.15) is 0 Å². The fourth-order valence-electron chi connectivity index (χ4n) is 1.60. The van der Waals surface area contributed by atoms with E-state index in [0.717, 1.165) is 17.1 Å². The van der Waals surface area contributed by atoms with Crippen molar-refractivity contribution in [2.45, 2.75) is 13.0 Å². The normalized spacial score (nSPS) is 12.4. The number of nitrogens with zero attached hydrogens (tertiary/aromatic N) is 2. The van der Waals surface area contributed by atoms with Crippen LogP contribution in [0.3, 0.4) is 0 Å². The number of nitrogens with two attached hydrogens (primary N) is 1. The number of ether oxygens (including phenoxy) is 1. The van der Waals surface area contributed by atoms with Crippen molar-refractivity contribution >= 4 is 0 Å². The van der Waals surface area contributed by atoms with Crippen molar-refractivity contribution in [3.8, 4) is 11.4 Å². The molecule has 1 unspecified atom stereocenters. The van der Waals surface area contributed by atoms with Crippen molar-refractivity contribution in [3.63, 3.8) is 0 Å². The van der Waals surface area contributed by atoms with E-state index in [1.165, 1.54) is 0 Å². The molecular formula is C12H15N3O. The number of methoxy groups -OCH3 is 1. The first-order chi connectivity index (χ1) is 7.72. The van der Waals surface area contributed by atoms with Crippen LogP contribution in [0.1, 0.15) is 18.7 Å². The van der Waals surface area contributed by atoms with Gasteiger partial charge in [0.05, 0.1) is 25.3 Å². The van der Waals surface area contributed by atoms with Crippen LogP contribution in [0.15, 0.2) is 36.8 Å². The molecular weight excluding hydrogens is 202 g/mol. The standard InChI is InChI=1S/C12H15N3O/c1-9(13)12-7-14-8-15(12)10-3-5-11(16-2)6-4-10/h3-9H,13H2,1-2H3. The van der Waals surface area contributed by atoms with E-state index in [-0.39, 0.29) is 6.04 Å². The first-order valence-electron chi connectivity index (χ1n) is 5.14. The zero-order valence-electron chi connectivity index (χ0n) is 9.42. The van der Waals surface area contributed by atoms with Gasteiger partial charge in [-0.15, -0.1) is 0 Å². The third-order valence-electron chi connectivity index (χ3n) is 2.48. The van der Waals surface area contributed by atoms with E-state index in [0.29, 0.717) is 0 Å². The SMILES string of the molecule is COc1ccc(-n2cncc2C(C)N)cc1.